The quantitative estimate of drug-likeness (QED) is 0.905. The van der Waals surface area contributed by atoms with Gasteiger partial charge in [0.05, 0.1) is 6.54 Å². The Kier molecular flexibility index (Phi) is 5.56. The van der Waals surface area contributed by atoms with E-state index in [0.717, 1.165) is 35.2 Å². The maximum absolute atomic E-state index is 5.93. The highest BCUT2D eigenvalue weighted by molar-refractivity contribution is 6.30. The first-order chi connectivity index (χ1) is 7.79. The van der Waals surface area contributed by atoms with Crippen LogP contribution in [0.25, 0.3) is 11.3 Å². The van der Waals surface area contributed by atoms with E-state index in [1.54, 1.807) is 0 Å². The summed E-state index contributed by atoms with van der Waals surface area (Å²) in [4.78, 5) is 0. The molecule has 4 heteroatoms. The maximum atomic E-state index is 5.93. The summed E-state index contributed by atoms with van der Waals surface area (Å²) in [5.74, 6) is 1.80. The van der Waals surface area contributed by atoms with Crippen molar-refractivity contribution in [3.05, 3.63) is 47.2 Å². The summed E-state index contributed by atoms with van der Waals surface area (Å²) in [6.45, 7) is 3.77. The van der Waals surface area contributed by atoms with Crippen LogP contribution in [-0.2, 0) is 6.54 Å². The minimum Gasteiger partial charge on any atom is -0.460 e. The summed E-state index contributed by atoms with van der Waals surface area (Å²) in [7, 11) is 0. The Morgan fingerprint density at radius 1 is 1.24 bits per heavy atom. The van der Waals surface area contributed by atoms with Crippen molar-refractivity contribution in [3.63, 3.8) is 0 Å². The van der Waals surface area contributed by atoms with Crippen LogP contribution in [0.2, 0.25) is 5.02 Å². The van der Waals surface area contributed by atoms with E-state index in [9.17, 15) is 0 Å². The highest BCUT2D eigenvalue weighted by atomic mass is 35.5. The Labute approximate surface area is 112 Å². The van der Waals surface area contributed by atoms with E-state index >= 15 is 0 Å². The smallest absolute Gasteiger partial charge is 0.134 e. The molecule has 0 spiro atoms. The van der Waals surface area contributed by atoms with Gasteiger partial charge in [-0.05, 0) is 30.8 Å². The first-order valence-electron chi connectivity index (χ1n) is 5.35. The van der Waals surface area contributed by atoms with Crippen LogP contribution >= 0.6 is 24.0 Å². The van der Waals surface area contributed by atoms with E-state index in [2.05, 4.69) is 12.2 Å². The zero-order valence-electron chi connectivity index (χ0n) is 9.57. The topological polar surface area (TPSA) is 25.2 Å². The van der Waals surface area contributed by atoms with E-state index in [-0.39, 0.29) is 12.4 Å². The van der Waals surface area contributed by atoms with Crippen LogP contribution in [0.3, 0.4) is 0 Å². The third-order valence-corrected chi connectivity index (χ3v) is 2.56. The molecule has 0 aliphatic rings. The molecule has 1 aromatic carbocycles. The lowest BCUT2D eigenvalue weighted by molar-refractivity contribution is 0.498. The van der Waals surface area contributed by atoms with Crippen LogP contribution in [0, 0.1) is 0 Å². The standard InChI is InChI=1S/C13H14ClNO.ClH/c1-2-15-9-12-6-7-13(16-12)10-4-3-5-11(14)8-10;/h3-8,15H,2,9H2,1H3;1H. The summed E-state index contributed by atoms with van der Waals surface area (Å²) >= 11 is 5.93. The van der Waals surface area contributed by atoms with Crippen molar-refractivity contribution in [2.75, 3.05) is 6.54 Å². The summed E-state index contributed by atoms with van der Waals surface area (Å²) in [5.41, 5.74) is 1.01. The second kappa shape index (κ2) is 6.70. The van der Waals surface area contributed by atoms with Gasteiger partial charge in [-0.1, -0.05) is 30.7 Å². The second-order valence-corrected chi connectivity index (χ2v) is 3.99. The first kappa shape index (κ1) is 14.1. The minimum absolute atomic E-state index is 0. The summed E-state index contributed by atoms with van der Waals surface area (Å²) in [6, 6.07) is 11.6. The van der Waals surface area contributed by atoms with Gasteiger partial charge in [-0.15, -0.1) is 12.4 Å². The first-order valence-corrected chi connectivity index (χ1v) is 5.73. The van der Waals surface area contributed by atoms with E-state index in [1.165, 1.54) is 0 Å². The fourth-order valence-electron chi connectivity index (χ4n) is 1.52. The lowest BCUT2D eigenvalue weighted by Gasteiger charge is -1.99. The molecule has 0 saturated heterocycles. The lowest BCUT2D eigenvalue weighted by atomic mass is 10.2. The Morgan fingerprint density at radius 2 is 2.06 bits per heavy atom. The predicted octanol–water partition coefficient (Wildman–Crippen LogP) is 4.13. The van der Waals surface area contributed by atoms with Crippen LogP contribution in [0.5, 0.6) is 0 Å². The van der Waals surface area contributed by atoms with Gasteiger partial charge < -0.3 is 9.73 Å². The van der Waals surface area contributed by atoms with E-state index in [1.807, 2.05) is 36.4 Å². The van der Waals surface area contributed by atoms with Crippen molar-refractivity contribution in [1.82, 2.24) is 5.32 Å². The second-order valence-electron chi connectivity index (χ2n) is 3.56. The largest absolute Gasteiger partial charge is 0.460 e. The molecule has 1 heterocycles. The molecule has 17 heavy (non-hydrogen) atoms. The van der Waals surface area contributed by atoms with Gasteiger partial charge in [0.25, 0.3) is 0 Å². The number of furan rings is 1. The molecule has 0 amide bonds. The molecule has 1 N–H and O–H groups in total. The van der Waals surface area contributed by atoms with Crippen molar-refractivity contribution in [2.24, 2.45) is 0 Å². The van der Waals surface area contributed by atoms with Gasteiger partial charge in [0.1, 0.15) is 11.5 Å². The van der Waals surface area contributed by atoms with Crippen LogP contribution in [-0.4, -0.2) is 6.54 Å². The molecule has 0 aliphatic heterocycles. The molecule has 2 nitrogen and oxygen atoms in total. The Hall–Kier alpha value is -0.960. The molecule has 1 aromatic heterocycles. The highest BCUT2D eigenvalue weighted by Crippen LogP contribution is 2.24. The van der Waals surface area contributed by atoms with Gasteiger partial charge >= 0.3 is 0 Å². The van der Waals surface area contributed by atoms with Gasteiger partial charge in [0, 0.05) is 10.6 Å². The number of halogens is 2. The summed E-state index contributed by atoms with van der Waals surface area (Å²) in [5, 5.41) is 3.95. The van der Waals surface area contributed by atoms with Crippen LogP contribution in [0.15, 0.2) is 40.8 Å². The molecule has 92 valence electrons. The number of benzene rings is 1. The summed E-state index contributed by atoms with van der Waals surface area (Å²) < 4.78 is 5.71. The van der Waals surface area contributed by atoms with Gasteiger partial charge in [0.2, 0.25) is 0 Å². The lowest BCUT2D eigenvalue weighted by Crippen LogP contribution is -2.10. The Bertz CT molecular complexity index is 468. The third-order valence-electron chi connectivity index (χ3n) is 2.32. The number of hydrogen-bond acceptors (Lipinski definition) is 2. The molecular formula is C13H15Cl2NO. The van der Waals surface area contributed by atoms with Gasteiger partial charge in [-0.25, -0.2) is 0 Å². The van der Waals surface area contributed by atoms with Crippen molar-refractivity contribution >= 4 is 24.0 Å². The minimum atomic E-state index is 0. The normalized spacial score (nSPS) is 10.0. The van der Waals surface area contributed by atoms with Crippen LogP contribution in [0.4, 0.5) is 0 Å². The van der Waals surface area contributed by atoms with Crippen molar-refractivity contribution in [3.8, 4) is 11.3 Å². The molecule has 0 atom stereocenters. The Morgan fingerprint density at radius 3 is 2.76 bits per heavy atom. The summed E-state index contributed by atoms with van der Waals surface area (Å²) in [6.07, 6.45) is 0. The zero-order valence-corrected chi connectivity index (χ0v) is 11.1. The van der Waals surface area contributed by atoms with Crippen LogP contribution < -0.4 is 5.32 Å². The average molecular weight is 272 g/mol. The van der Waals surface area contributed by atoms with Crippen molar-refractivity contribution in [1.29, 1.82) is 0 Å². The predicted molar refractivity (Wildman–Crippen MR) is 73.8 cm³/mol. The monoisotopic (exact) mass is 271 g/mol. The van der Waals surface area contributed by atoms with Gasteiger partial charge in [-0.2, -0.15) is 0 Å². The number of nitrogens with one attached hydrogen (secondary N) is 1. The average Bonchev–Trinajstić information content (AvgIpc) is 2.75. The third kappa shape index (κ3) is 3.77. The van der Waals surface area contributed by atoms with Crippen molar-refractivity contribution < 1.29 is 4.42 Å². The zero-order chi connectivity index (χ0) is 11.4. The van der Waals surface area contributed by atoms with E-state index < -0.39 is 0 Å². The fraction of sp³-hybridized carbons (Fsp3) is 0.231. The van der Waals surface area contributed by atoms with Gasteiger partial charge in [-0.3, -0.25) is 0 Å². The molecule has 0 saturated carbocycles. The molecular weight excluding hydrogens is 257 g/mol. The van der Waals surface area contributed by atoms with Crippen LogP contribution in [0.1, 0.15) is 12.7 Å². The van der Waals surface area contributed by atoms with E-state index in [4.69, 9.17) is 16.0 Å². The maximum Gasteiger partial charge on any atom is 0.134 e. The van der Waals surface area contributed by atoms with Gasteiger partial charge in [0.15, 0.2) is 0 Å². The number of hydrogen-bond donors (Lipinski definition) is 1. The molecule has 2 aromatic rings. The van der Waals surface area contributed by atoms with Crippen molar-refractivity contribution in [2.45, 2.75) is 13.5 Å². The Balaban J connectivity index is 0.00000144. The molecule has 0 unspecified atom stereocenters. The molecule has 0 radical (unpaired) electrons. The number of rotatable bonds is 4. The fourth-order valence-corrected chi connectivity index (χ4v) is 1.71. The molecule has 0 bridgehead atoms. The molecule has 0 fully saturated rings. The SMILES string of the molecule is CCNCc1ccc(-c2cccc(Cl)c2)o1.Cl. The molecule has 2 rings (SSSR count). The highest BCUT2D eigenvalue weighted by Gasteiger charge is 2.04. The molecule has 0 aliphatic carbocycles. The van der Waals surface area contributed by atoms with E-state index in [0.29, 0.717) is 0 Å².